The average Bonchev–Trinajstić information content (AvgIpc) is 2.91. The van der Waals surface area contributed by atoms with Crippen LogP contribution in [0.4, 0.5) is 4.39 Å². The van der Waals surface area contributed by atoms with Crippen molar-refractivity contribution < 1.29 is 9.50 Å². The Hall–Kier alpha value is -2.42. The van der Waals surface area contributed by atoms with Gasteiger partial charge in [-0.1, -0.05) is 32.9 Å². The van der Waals surface area contributed by atoms with Crippen LogP contribution in [-0.2, 0) is 6.54 Å². The van der Waals surface area contributed by atoms with Crippen LogP contribution in [0.1, 0.15) is 58.1 Å². The highest BCUT2D eigenvalue weighted by atomic mass is 19.1. The van der Waals surface area contributed by atoms with Gasteiger partial charge >= 0.3 is 0 Å². The Morgan fingerprint density at radius 2 is 1.89 bits per heavy atom. The van der Waals surface area contributed by atoms with Crippen LogP contribution in [0, 0.1) is 12.7 Å². The lowest BCUT2D eigenvalue weighted by Gasteiger charge is -2.49. The minimum absolute atomic E-state index is 0.0924. The largest absolute Gasteiger partial charge is 0.509 e. The smallest absolute Gasteiger partial charge is 0.138 e. The number of hydrogen-bond donors (Lipinski definition) is 3. The van der Waals surface area contributed by atoms with E-state index in [0.29, 0.717) is 31.0 Å². The number of rotatable bonds is 7. The second kappa shape index (κ2) is 13.9. The second-order valence-electron chi connectivity index (χ2n) is 9.99. The molecule has 8 heteroatoms. The van der Waals surface area contributed by atoms with Gasteiger partial charge in [-0.15, -0.1) is 0 Å². The summed E-state index contributed by atoms with van der Waals surface area (Å²) < 4.78 is 14.3. The van der Waals surface area contributed by atoms with E-state index in [1.54, 1.807) is 12.1 Å². The van der Waals surface area contributed by atoms with Crippen LogP contribution in [0.5, 0.6) is 0 Å². The molecular weight excluding hydrogens is 467 g/mol. The molecule has 2 fully saturated rings. The molecule has 3 aliphatic rings. The number of aryl methyl sites for hydroxylation is 1. The van der Waals surface area contributed by atoms with Gasteiger partial charge in [-0.25, -0.2) is 4.39 Å². The fraction of sp³-hybridized carbons (Fsp3) is 0.621. The van der Waals surface area contributed by atoms with Gasteiger partial charge in [0, 0.05) is 62.1 Å². The summed E-state index contributed by atoms with van der Waals surface area (Å²) in [5, 5.41) is 14.1. The number of nitrogens with zero attached hydrogens (tertiary/aromatic N) is 4. The van der Waals surface area contributed by atoms with Crippen molar-refractivity contribution in [2.75, 3.05) is 39.3 Å². The molecule has 7 nitrogen and oxygen atoms in total. The van der Waals surface area contributed by atoms with Gasteiger partial charge in [0.1, 0.15) is 23.6 Å². The third kappa shape index (κ3) is 7.33. The molecule has 2 saturated heterocycles. The molecule has 4 N–H and O–H groups in total. The van der Waals surface area contributed by atoms with Crippen LogP contribution in [0.2, 0.25) is 0 Å². The standard InChI is InChI=1S/C27H41FN6O.C2H6/c1-4-22-18-33(27-25(35)15-21(16-31-27)26(29)30-5-2)12-13-34(22)23-8-10-32(11-9-23)17-20-7-6-19(3)14-24(20)28;1-2/h6-7,14-16,22-23,27,31,35H,4-5,8-13,17-18H2,1-3H3,(H2,29,30);1-2H3. The summed E-state index contributed by atoms with van der Waals surface area (Å²) in [6.07, 6.45) is 6.65. The molecule has 0 spiro atoms. The number of aliphatic imine (C=N–C) groups is 1. The maximum Gasteiger partial charge on any atom is 0.138 e. The van der Waals surface area contributed by atoms with E-state index in [2.05, 4.69) is 31.9 Å². The lowest BCUT2D eigenvalue weighted by atomic mass is 9.97. The zero-order valence-corrected chi connectivity index (χ0v) is 23.4. The first-order valence-electron chi connectivity index (χ1n) is 14.0. The van der Waals surface area contributed by atoms with Crippen molar-refractivity contribution in [3.05, 3.63) is 58.8 Å². The summed E-state index contributed by atoms with van der Waals surface area (Å²) in [6.45, 7) is 16.2. The van der Waals surface area contributed by atoms with E-state index in [1.807, 2.05) is 46.0 Å². The van der Waals surface area contributed by atoms with E-state index in [-0.39, 0.29) is 17.7 Å². The van der Waals surface area contributed by atoms with Gasteiger partial charge in [0.2, 0.25) is 0 Å². The molecule has 206 valence electrons. The van der Waals surface area contributed by atoms with Crippen LogP contribution in [-0.4, -0.2) is 83.2 Å². The van der Waals surface area contributed by atoms with E-state index in [1.165, 1.54) is 0 Å². The number of hydrogen-bond acceptors (Lipinski definition) is 6. The highest BCUT2D eigenvalue weighted by molar-refractivity contribution is 5.99. The summed E-state index contributed by atoms with van der Waals surface area (Å²) in [5.41, 5.74) is 8.48. The zero-order chi connectivity index (χ0) is 26.9. The molecule has 0 aromatic heterocycles. The highest BCUT2D eigenvalue weighted by Gasteiger charge is 2.36. The summed E-state index contributed by atoms with van der Waals surface area (Å²) in [5.74, 6) is 0.639. The Morgan fingerprint density at radius 1 is 1.16 bits per heavy atom. The molecule has 2 atom stereocenters. The highest BCUT2D eigenvalue weighted by Crippen LogP contribution is 2.26. The van der Waals surface area contributed by atoms with Crippen molar-refractivity contribution in [3.8, 4) is 0 Å². The van der Waals surface area contributed by atoms with Gasteiger partial charge in [0.15, 0.2) is 0 Å². The maximum atomic E-state index is 14.3. The van der Waals surface area contributed by atoms with Crippen LogP contribution >= 0.6 is 0 Å². The first-order valence-corrected chi connectivity index (χ1v) is 14.0. The van der Waals surface area contributed by atoms with Crippen LogP contribution in [0.15, 0.2) is 46.8 Å². The molecule has 3 heterocycles. The molecule has 1 aromatic carbocycles. The lowest BCUT2D eigenvalue weighted by molar-refractivity contribution is -0.00577. The van der Waals surface area contributed by atoms with Crippen molar-refractivity contribution in [1.29, 1.82) is 0 Å². The van der Waals surface area contributed by atoms with Crippen LogP contribution < -0.4 is 11.1 Å². The fourth-order valence-corrected chi connectivity index (χ4v) is 5.64. The van der Waals surface area contributed by atoms with E-state index < -0.39 is 0 Å². The molecular formula is C29H47FN6O. The molecule has 37 heavy (non-hydrogen) atoms. The SMILES string of the molecule is CC.CCN=C(N)C1=CNC(N2CCN(C3CCN(Cc4ccc(C)cc4F)CC3)C(CC)C2)C(O)=C1. The number of benzene rings is 1. The number of likely N-dealkylation sites (tertiary alicyclic amines) is 1. The predicted octanol–water partition coefficient (Wildman–Crippen LogP) is 4.15. The Balaban J connectivity index is 0.00000186. The number of halogens is 1. The first-order chi connectivity index (χ1) is 17.9. The fourth-order valence-electron chi connectivity index (χ4n) is 5.64. The number of nitrogens with two attached hydrogens (primary N) is 1. The number of amidine groups is 1. The van der Waals surface area contributed by atoms with Gasteiger partial charge in [0.25, 0.3) is 0 Å². The number of piperazine rings is 1. The summed E-state index contributed by atoms with van der Waals surface area (Å²) in [4.78, 5) is 11.6. The summed E-state index contributed by atoms with van der Waals surface area (Å²) in [7, 11) is 0. The number of aliphatic hydroxyl groups excluding tert-OH is 1. The third-order valence-electron chi connectivity index (χ3n) is 7.63. The summed E-state index contributed by atoms with van der Waals surface area (Å²) >= 11 is 0. The minimum Gasteiger partial charge on any atom is -0.509 e. The molecule has 0 bridgehead atoms. The van der Waals surface area contributed by atoms with E-state index in [9.17, 15) is 9.50 Å². The maximum absolute atomic E-state index is 14.3. The quantitative estimate of drug-likeness (QED) is 0.375. The van der Waals surface area contributed by atoms with E-state index in [4.69, 9.17) is 5.73 Å². The van der Waals surface area contributed by atoms with Gasteiger partial charge in [-0.05, 0) is 63.9 Å². The molecule has 0 radical (unpaired) electrons. The number of aliphatic hydroxyl groups is 1. The van der Waals surface area contributed by atoms with Gasteiger partial charge in [-0.3, -0.25) is 19.7 Å². The monoisotopic (exact) mass is 514 g/mol. The third-order valence-corrected chi connectivity index (χ3v) is 7.63. The topological polar surface area (TPSA) is 80.4 Å². The molecule has 0 saturated carbocycles. The van der Waals surface area contributed by atoms with Crippen molar-refractivity contribution in [2.45, 2.75) is 78.7 Å². The van der Waals surface area contributed by atoms with E-state index >= 15 is 0 Å². The van der Waals surface area contributed by atoms with Crippen LogP contribution in [0.3, 0.4) is 0 Å². The van der Waals surface area contributed by atoms with Crippen molar-refractivity contribution in [1.82, 2.24) is 20.0 Å². The number of dihydropyridines is 1. The molecule has 0 aliphatic carbocycles. The number of piperidine rings is 1. The van der Waals surface area contributed by atoms with Gasteiger partial charge in [-0.2, -0.15) is 0 Å². The van der Waals surface area contributed by atoms with Crippen molar-refractivity contribution in [3.63, 3.8) is 0 Å². The van der Waals surface area contributed by atoms with Crippen molar-refractivity contribution >= 4 is 5.84 Å². The van der Waals surface area contributed by atoms with E-state index in [0.717, 1.165) is 68.7 Å². The Labute approximate surface area is 222 Å². The molecule has 4 rings (SSSR count). The minimum atomic E-state index is -0.226. The number of nitrogens with one attached hydrogen (secondary N) is 1. The Kier molecular flexibility index (Phi) is 11.0. The molecule has 0 amide bonds. The predicted molar refractivity (Wildman–Crippen MR) is 151 cm³/mol. The van der Waals surface area contributed by atoms with Crippen molar-refractivity contribution in [2.24, 2.45) is 10.7 Å². The lowest BCUT2D eigenvalue weighted by Crippen LogP contribution is -2.62. The molecule has 3 aliphatic heterocycles. The first kappa shape index (κ1) is 29.1. The van der Waals surface area contributed by atoms with Gasteiger partial charge in [0.05, 0.1) is 0 Å². The molecule has 2 unspecified atom stereocenters. The normalized spacial score (nSPS) is 24.5. The summed E-state index contributed by atoms with van der Waals surface area (Å²) in [6, 6.07) is 6.55. The average molecular weight is 515 g/mol. The zero-order valence-electron chi connectivity index (χ0n) is 23.4. The molecule has 1 aromatic rings. The van der Waals surface area contributed by atoms with Gasteiger partial charge < -0.3 is 16.2 Å². The Bertz CT molecular complexity index is 969. The second-order valence-corrected chi connectivity index (χ2v) is 9.99. The Morgan fingerprint density at radius 3 is 2.51 bits per heavy atom. The van der Waals surface area contributed by atoms with Crippen LogP contribution in [0.25, 0.3) is 0 Å².